The van der Waals surface area contributed by atoms with E-state index in [1.807, 2.05) is 24.3 Å². The highest BCUT2D eigenvalue weighted by atomic mass is 16.6. The standard InChI is InChI=1S/C23H25NO6/c1-24(14-17-15-29-19-5-2-3-6-21(19)30-17)23(26)10-8-18(25)16-7-9-20-22(13-16)28-12-4-11-27-20/h2-3,5-7,9,13,17H,4,8,10-12,14-15H2,1H3/t17-/m0/s1. The molecule has 1 amide bonds. The summed E-state index contributed by atoms with van der Waals surface area (Å²) in [4.78, 5) is 26.7. The fraction of sp³-hybridized carbons (Fsp3) is 0.391. The number of para-hydroxylation sites is 2. The highest BCUT2D eigenvalue weighted by molar-refractivity contribution is 5.98. The minimum atomic E-state index is -0.244. The van der Waals surface area contributed by atoms with Crippen molar-refractivity contribution < 1.29 is 28.5 Å². The van der Waals surface area contributed by atoms with Gasteiger partial charge in [-0.25, -0.2) is 0 Å². The molecule has 0 saturated carbocycles. The van der Waals surface area contributed by atoms with Crippen LogP contribution in [0.1, 0.15) is 29.6 Å². The topological polar surface area (TPSA) is 74.3 Å². The summed E-state index contributed by atoms with van der Waals surface area (Å²) < 4.78 is 22.8. The molecule has 2 aliphatic heterocycles. The van der Waals surface area contributed by atoms with Gasteiger partial charge in [0, 0.05) is 31.9 Å². The van der Waals surface area contributed by atoms with Gasteiger partial charge in [0.05, 0.1) is 19.8 Å². The van der Waals surface area contributed by atoms with Gasteiger partial charge < -0.3 is 23.8 Å². The number of carbonyl (C=O) groups is 2. The van der Waals surface area contributed by atoms with Crippen molar-refractivity contribution in [1.82, 2.24) is 4.90 Å². The minimum Gasteiger partial charge on any atom is -0.490 e. The lowest BCUT2D eigenvalue weighted by Crippen LogP contribution is -2.41. The Kier molecular flexibility index (Phi) is 6.07. The zero-order valence-electron chi connectivity index (χ0n) is 17.0. The van der Waals surface area contributed by atoms with Gasteiger partial charge in [0.25, 0.3) is 0 Å². The van der Waals surface area contributed by atoms with E-state index in [9.17, 15) is 9.59 Å². The Labute approximate surface area is 175 Å². The molecule has 4 rings (SSSR count). The van der Waals surface area contributed by atoms with E-state index >= 15 is 0 Å². The van der Waals surface area contributed by atoms with Crippen LogP contribution in [0.15, 0.2) is 42.5 Å². The average molecular weight is 411 g/mol. The maximum atomic E-state index is 12.6. The van der Waals surface area contributed by atoms with Gasteiger partial charge in [-0.05, 0) is 30.3 Å². The summed E-state index contributed by atoms with van der Waals surface area (Å²) in [6.07, 6.45) is 0.827. The molecule has 0 aromatic heterocycles. The first-order chi connectivity index (χ1) is 14.6. The molecule has 0 saturated heterocycles. The predicted molar refractivity (Wildman–Crippen MR) is 110 cm³/mol. The number of hydrogen-bond acceptors (Lipinski definition) is 6. The molecule has 158 valence electrons. The first kappa shape index (κ1) is 20.1. The molecule has 2 aromatic carbocycles. The second kappa shape index (κ2) is 9.07. The Morgan fingerprint density at radius 3 is 2.50 bits per heavy atom. The van der Waals surface area contributed by atoms with Crippen LogP contribution in [0.2, 0.25) is 0 Å². The molecule has 0 spiro atoms. The number of likely N-dealkylation sites (N-methyl/N-ethyl adjacent to an activating group) is 1. The number of carbonyl (C=O) groups excluding carboxylic acids is 2. The van der Waals surface area contributed by atoms with Crippen LogP contribution in [0, 0.1) is 0 Å². The number of ketones is 1. The molecule has 1 atom stereocenters. The lowest BCUT2D eigenvalue weighted by atomic mass is 10.1. The van der Waals surface area contributed by atoms with Crippen molar-refractivity contribution in [2.45, 2.75) is 25.4 Å². The lowest BCUT2D eigenvalue weighted by molar-refractivity contribution is -0.131. The van der Waals surface area contributed by atoms with Crippen molar-refractivity contribution in [2.75, 3.05) is 33.4 Å². The first-order valence-electron chi connectivity index (χ1n) is 10.2. The lowest BCUT2D eigenvalue weighted by Gasteiger charge is -2.29. The third kappa shape index (κ3) is 4.67. The average Bonchev–Trinajstić information content (AvgIpc) is 3.02. The number of hydrogen-bond donors (Lipinski definition) is 0. The van der Waals surface area contributed by atoms with Crippen molar-refractivity contribution in [2.24, 2.45) is 0 Å². The van der Waals surface area contributed by atoms with E-state index in [1.165, 1.54) is 0 Å². The predicted octanol–water partition coefficient (Wildman–Crippen LogP) is 3.11. The number of ether oxygens (including phenoxy) is 4. The van der Waals surface area contributed by atoms with Crippen LogP contribution in [0.25, 0.3) is 0 Å². The van der Waals surface area contributed by atoms with Crippen molar-refractivity contribution in [1.29, 1.82) is 0 Å². The number of nitrogens with zero attached hydrogens (tertiary/aromatic N) is 1. The van der Waals surface area contributed by atoms with Crippen molar-refractivity contribution in [3.8, 4) is 23.0 Å². The molecule has 0 bridgehead atoms. The van der Waals surface area contributed by atoms with E-state index in [0.29, 0.717) is 54.9 Å². The monoisotopic (exact) mass is 411 g/mol. The second-order valence-electron chi connectivity index (χ2n) is 7.41. The number of amides is 1. The Hall–Kier alpha value is -3.22. The van der Waals surface area contributed by atoms with Gasteiger partial charge in [-0.1, -0.05) is 12.1 Å². The van der Waals surface area contributed by atoms with E-state index in [4.69, 9.17) is 18.9 Å². The summed E-state index contributed by atoms with van der Waals surface area (Å²) in [5.74, 6) is 2.41. The molecule has 2 heterocycles. The molecule has 2 aliphatic rings. The molecule has 0 aliphatic carbocycles. The van der Waals surface area contributed by atoms with E-state index in [1.54, 1.807) is 30.1 Å². The summed E-state index contributed by atoms with van der Waals surface area (Å²) in [7, 11) is 1.71. The molecule has 7 nitrogen and oxygen atoms in total. The first-order valence-corrected chi connectivity index (χ1v) is 10.2. The van der Waals surface area contributed by atoms with Gasteiger partial charge >= 0.3 is 0 Å². The Balaban J connectivity index is 1.28. The highest BCUT2D eigenvalue weighted by Crippen LogP contribution is 2.32. The SMILES string of the molecule is CN(C[C@H]1COc2ccccc2O1)C(=O)CCC(=O)c1ccc2c(c1)OCCCO2. The van der Waals surface area contributed by atoms with Gasteiger partial charge in [0.2, 0.25) is 5.91 Å². The van der Waals surface area contributed by atoms with Gasteiger partial charge in [0.15, 0.2) is 34.9 Å². The maximum absolute atomic E-state index is 12.6. The second-order valence-corrected chi connectivity index (χ2v) is 7.41. The summed E-state index contributed by atoms with van der Waals surface area (Å²) >= 11 is 0. The van der Waals surface area contributed by atoms with Gasteiger partial charge in [0.1, 0.15) is 6.61 Å². The summed E-state index contributed by atoms with van der Waals surface area (Å²) in [5.41, 5.74) is 0.523. The van der Waals surface area contributed by atoms with E-state index in [0.717, 1.165) is 6.42 Å². The molecule has 2 aromatic rings. The smallest absolute Gasteiger partial charge is 0.222 e. The van der Waals surface area contributed by atoms with E-state index in [2.05, 4.69) is 0 Å². The van der Waals surface area contributed by atoms with Gasteiger partial charge in [-0.3, -0.25) is 9.59 Å². The number of Topliss-reactive ketones (excluding diaryl/α,β-unsaturated/α-hetero) is 1. The van der Waals surface area contributed by atoms with Gasteiger partial charge in [-0.15, -0.1) is 0 Å². The molecular weight excluding hydrogens is 386 g/mol. The van der Waals surface area contributed by atoms with Crippen LogP contribution >= 0.6 is 0 Å². The van der Waals surface area contributed by atoms with Crippen LogP contribution < -0.4 is 18.9 Å². The molecule has 0 N–H and O–H groups in total. The van der Waals surface area contributed by atoms with Gasteiger partial charge in [-0.2, -0.15) is 0 Å². The van der Waals surface area contributed by atoms with Crippen LogP contribution in [-0.4, -0.2) is 56.1 Å². The normalized spacial score (nSPS) is 17.0. The van der Waals surface area contributed by atoms with Crippen molar-refractivity contribution in [3.63, 3.8) is 0 Å². The molecule has 0 radical (unpaired) electrons. The Bertz CT molecular complexity index is 928. The summed E-state index contributed by atoms with van der Waals surface area (Å²) in [6, 6.07) is 12.6. The largest absolute Gasteiger partial charge is 0.490 e. The summed E-state index contributed by atoms with van der Waals surface area (Å²) in [5, 5.41) is 0. The van der Waals surface area contributed by atoms with E-state index < -0.39 is 0 Å². The van der Waals surface area contributed by atoms with E-state index in [-0.39, 0.29) is 30.6 Å². The van der Waals surface area contributed by atoms with Crippen LogP contribution in [0.4, 0.5) is 0 Å². The highest BCUT2D eigenvalue weighted by Gasteiger charge is 2.24. The minimum absolute atomic E-state index is 0.0985. The third-order valence-electron chi connectivity index (χ3n) is 5.11. The molecule has 7 heteroatoms. The third-order valence-corrected chi connectivity index (χ3v) is 5.11. The quantitative estimate of drug-likeness (QED) is 0.680. The Morgan fingerprint density at radius 1 is 0.933 bits per heavy atom. The molecule has 30 heavy (non-hydrogen) atoms. The zero-order valence-corrected chi connectivity index (χ0v) is 17.0. The molecular formula is C23H25NO6. The zero-order chi connectivity index (χ0) is 20.9. The Morgan fingerprint density at radius 2 is 1.67 bits per heavy atom. The van der Waals surface area contributed by atoms with Crippen LogP contribution in [-0.2, 0) is 4.79 Å². The number of benzene rings is 2. The fourth-order valence-corrected chi connectivity index (χ4v) is 3.45. The number of rotatable bonds is 6. The van der Waals surface area contributed by atoms with Crippen molar-refractivity contribution >= 4 is 11.7 Å². The molecule has 0 fully saturated rings. The molecule has 0 unspecified atom stereocenters. The number of fused-ring (bicyclic) bond motifs is 2. The van der Waals surface area contributed by atoms with Crippen molar-refractivity contribution in [3.05, 3.63) is 48.0 Å². The fourth-order valence-electron chi connectivity index (χ4n) is 3.45. The van der Waals surface area contributed by atoms with Crippen LogP contribution in [0.3, 0.4) is 0 Å². The summed E-state index contributed by atoms with van der Waals surface area (Å²) in [6.45, 7) is 1.93. The maximum Gasteiger partial charge on any atom is 0.222 e. The van der Waals surface area contributed by atoms with Crippen LogP contribution in [0.5, 0.6) is 23.0 Å².